The van der Waals surface area contributed by atoms with Crippen LogP contribution >= 0.6 is 11.3 Å². The summed E-state index contributed by atoms with van der Waals surface area (Å²) in [5.74, 6) is -0.258. The Bertz CT molecular complexity index is 881. The number of aryl methyl sites for hydroxylation is 1. The molecule has 1 saturated heterocycles. The van der Waals surface area contributed by atoms with Crippen molar-refractivity contribution in [3.05, 3.63) is 41.2 Å². The van der Waals surface area contributed by atoms with Crippen LogP contribution in [0, 0.1) is 6.92 Å². The lowest BCUT2D eigenvalue weighted by Crippen LogP contribution is -2.52. The van der Waals surface area contributed by atoms with Gasteiger partial charge in [0, 0.05) is 31.1 Å². The second-order valence-corrected chi connectivity index (χ2v) is 9.12. The van der Waals surface area contributed by atoms with Gasteiger partial charge in [-0.1, -0.05) is 0 Å². The Hall–Kier alpha value is -2.17. The highest BCUT2D eigenvalue weighted by atomic mass is 32.2. The molecule has 0 radical (unpaired) electrons. The molecule has 2 aromatic heterocycles. The van der Waals surface area contributed by atoms with Crippen LogP contribution in [0.15, 0.2) is 39.2 Å². The number of sulfonamides is 1. The van der Waals surface area contributed by atoms with Crippen LogP contribution in [-0.2, 0) is 14.8 Å². The van der Waals surface area contributed by atoms with Crippen LogP contribution in [0.2, 0.25) is 0 Å². The molecule has 0 bridgehead atoms. The monoisotopic (exact) mass is 397 g/mol. The number of nitrogens with one attached hydrogen (secondary N) is 1. The maximum Gasteiger partial charge on any atom is 0.289 e. The van der Waals surface area contributed by atoms with Crippen LogP contribution in [-0.4, -0.2) is 62.8 Å². The Morgan fingerprint density at radius 2 is 1.85 bits per heavy atom. The number of amides is 2. The summed E-state index contributed by atoms with van der Waals surface area (Å²) in [5.41, 5.74) is 0. The lowest BCUT2D eigenvalue weighted by atomic mass is 10.3. The predicted octanol–water partition coefficient (Wildman–Crippen LogP) is 0.912. The second-order valence-electron chi connectivity index (χ2n) is 5.84. The summed E-state index contributed by atoms with van der Waals surface area (Å²) in [6, 6.07) is 6.48. The van der Waals surface area contributed by atoms with Crippen LogP contribution in [0.25, 0.3) is 0 Å². The fraction of sp³-hybridized carbons (Fsp3) is 0.375. The molecule has 140 valence electrons. The quantitative estimate of drug-likeness (QED) is 0.808. The number of carbonyl (C=O) groups is 2. The molecule has 26 heavy (non-hydrogen) atoms. The molecule has 1 fully saturated rings. The molecule has 0 spiro atoms. The van der Waals surface area contributed by atoms with Crippen molar-refractivity contribution in [2.45, 2.75) is 11.1 Å². The third-order valence-electron chi connectivity index (χ3n) is 4.05. The summed E-state index contributed by atoms with van der Waals surface area (Å²) in [5, 5.41) is 0. The van der Waals surface area contributed by atoms with E-state index in [2.05, 4.69) is 4.72 Å². The summed E-state index contributed by atoms with van der Waals surface area (Å²) < 4.78 is 32.0. The van der Waals surface area contributed by atoms with E-state index in [1.807, 2.05) is 6.92 Å². The van der Waals surface area contributed by atoms with Crippen molar-refractivity contribution in [2.24, 2.45) is 0 Å². The van der Waals surface area contributed by atoms with Gasteiger partial charge in [0.1, 0.15) is 4.21 Å². The van der Waals surface area contributed by atoms with E-state index < -0.39 is 10.0 Å². The van der Waals surface area contributed by atoms with Gasteiger partial charge in [-0.25, -0.2) is 13.1 Å². The number of piperazine rings is 1. The first-order chi connectivity index (χ1) is 12.4. The molecule has 3 rings (SSSR count). The maximum absolute atomic E-state index is 12.3. The van der Waals surface area contributed by atoms with Gasteiger partial charge in [-0.05, 0) is 31.2 Å². The van der Waals surface area contributed by atoms with E-state index >= 15 is 0 Å². The highest BCUT2D eigenvalue weighted by molar-refractivity contribution is 7.91. The van der Waals surface area contributed by atoms with Crippen molar-refractivity contribution in [1.29, 1.82) is 0 Å². The van der Waals surface area contributed by atoms with Crippen LogP contribution < -0.4 is 4.72 Å². The Morgan fingerprint density at radius 3 is 2.42 bits per heavy atom. The highest BCUT2D eigenvalue weighted by Crippen LogP contribution is 2.20. The zero-order valence-electron chi connectivity index (χ0n) is 14.2. The molecule has 1 N–H and O–H groups in total. The molecule has 2 amide bonds. The minimum absolute atomic E-state index is 0.191. The molecule has 0 aromatic carbocycles. The first kappa shape index (κ1) is 18.6. The molecule has 0 atom stereocenters. The van der Waals surface area contributed by atoms with E-state index in [-0.39, 0.29) is 28.3 Å². The number of rotatable bonds is 5. The van der Waals surface area contributed by atoms with Gasteiger partial charge in [-0.2, -0.15) is 0 Å². The molecule has 1 aliphatic rings. The van der Waals surface area contributed by atoms with Crippen molar-refractivity contribution in [3.63, 3.8) is 0 Å². The van der Waals surface area contributed by atoms with Gasteiger partial charge < -0.3 is 14.2 Å². The topological polar surface area (TPSA) is 99.9 Å². The number of hydrogen-bond acceptors (Lipinski definition) is 6. The zero-order valence-corrected chi connectivity index (χ0v) is 15.8. The summed E-state index contributed by atoms with van der Waals surface area (Å²) in [6.07, 6.45) is 1.44. The number of carbonyl (C=O) groups excluding carboxylic acids is 2. The molecule has 0 saturated carbocycles. The van der Waals surface area contributed by atoms with Crippen molar-refractivity contribution in [3.8, 4) is 0 Å². The highest BCUT2D eigenvalue weighted by Gasteiger charge is 2.27. The van der Waals surface area contributed by atoms with Gasteiger partial charge >= 0.3 is 0 Å². The van der Waals surface area contributed by atoms with Crippen LogP contribution in [0.3, 0.4) is 0 Å². The number of nitrogens with zero attached hydrogens (tertiary/aromatic N) is 2. The largest absolute Gasteiger partial charge is 0.459 e. The molecular formula is C16H19N3O5S2. The number of thiophene rings is 1. The first-order valence-corrected chi connectivity index (χ1v) is 10.3. The van der Waals surface area contributed by atoms with Crippen molar-refractivity contribution in [2.75, 3.05) is 32.7 Å². The summed E-state index contributed by atoms with van der Waals surface area (Å²) >= 11 is 1.16. The average molecular weight is 397 g/mol. The van der Waals surface area contributed by atoms with Crippen LogP contribution in [0.4, 0.5) is 0 Å². The van der Waals surface area contributed by atoms with E-state index in [1.165, 1.54) is 12.3 Å². The molecule has 10 heteroatoms. The van der Waals surface area contributed by atoms with Crippen LogP contribution in [0.1, 0.15) is 15.4 Å². The Labute approximate surface area is 155 Å². The van der Waals surface area contributed by atoms with Gasteiger partial charge in [-0.15, -0.1) is 11.3 Å². The Balaban J connectivity index is 1.50. The zero-order chi connectivity index (χ0) is 18.7. The van der Waals surface area contributed by atoms with E-state index in [0.29, 0.717) is 26.2 Å². The van der Waals surface area contributed by atoms with Gasteiger partial charge in [-0.3, -0.25) is 9.59 Å². The van der Waals surface area contributed by atoms with Crippen molar-refractivity contribution >= 4 is 33.2 Å². The van der Waals surface area contributed by atoms with Gasteiger partial charge in [0.25, 0.3) is 15.9 Å². The number of furan rings is 1. The van der Waals surface area contributed by atoms with Crippen molar-refractivity contribution in [1.82, 2.24) is 14.5 Å². The lowest BCUT2D eigenvalue weighted by molar-refractivity contribution is -0.131. The molecule has 1 aliphatic heterocycles. The van der Waals surface area contributed by atoms with E-state index in [4.69, 9.17) is 4.42 Å². The molecular weight excluding hydrogens is 378 g/mol. The summed E-state index contributed by atoms with van der Waals surface area (Å²) in [4.78, 5) is 28.5. The molecule has 0 aliphatic carbocycles. The standard InChI is InChI=1S/C16H19N3O5S2/c1-12-4-5-15(25-12)26(22,23)17-11-14(20)18-6-8-19(9-7-18)16(21)13-3-2-10-24-13/h2-5,10,17H,6-9,11H2,1H3. The fourth-order valence-corrected chi connectivity index (χ4v) is 4.91. The SMILES string of the molecule is Cc1ccc(S(=O)(=O)NCC(=O)N2CCN(C(=O)c3ccco3)CC2)s1. The fourth-order valence-electron chi connectivity index (χ4n) is 2.61. The van der Waals surface area contributed by atoms with Gasteiger partial charge in [0.05, 0.1) is 12.8 Å². The Morgan fingerprint density at radius 1 is 1.15 bits per heavy atom. The summed E-state index contributed by atoms with van der Waals surface area (Å²) in [6.45, 7) is 2.98. The van der Waals surface area contributed by atoms with Gasteiger partial charge in [0.15, 0.2) is 5.76 Å². The lowest BCUT2D eigenvalue weighted by Gasteiger charge is -2.34. The third kappa shape index (κ3) is 4.14. The van der Waals surface area contributed by atoms with E-state index in [0.717, 1.165) is 16.2 Å². The molecule has 0 unspecified atom stereocenters. The summed E-state index contributed by atoms with van der Waals surface area (Å²) in [7, 11) is -3.68. The maximum atomic E-state index is 12.3. The second kappa shape index (κ2) is 7.60. The van der Waals surface area contributed by atoms with Crippen molar-refractivity contribution < 1.29 is 22.4 Å². The minimum Gasteiger partial charge on any atom is -0.459 e. The predicted molar refractivity (Wildman–Crippen MR) is 95.4 cm³/mol. The van der Waals surface area contributed by atoms with Crippen LogP contribution in [0.5, 0.6) is 0 Å². The average Bonchev–Trinajstić information content (AvgIpc) is 3.31. The van der Waals surface area contributed by atoms with E-state index in [9.17, 15) is 18.0 Å². The molecule has 2 aromatic rings. The Kier molecular flexibility index (Phi) is 5.44. The minimum atomic E-state index is -3.68. The normalized spacial score (nSPS) is 15.3. The number of hydrogen-bond donors (Lipinski definition) is 1. The van der Waals surface area contributed by atoms with E-state index in [1.54, 1.807) is 28.0 Å². The smallest absolute Gasteiger partial charge is 0.289 e. The molecule has 8 nitrogen and oxygen atoms in total. The molecule has 3 heterocycles. The third-order valence-corrected chi connectivity index (χ3v) is 6.94. The van der Waals surface area contributed by atoms with Gasteiger partial charge in [0.2, 0.25) is 5.91 Å². The first-order valence-electron chi connectivity index (χ1n) is 8.03.